The summed E-state index contributed by atoms with van der Waals surface area (Å²) in [5.74, 6) is 0.0240. The van der Waals surface area contributed by atoms with Gasteiger partial charge in [-0.1, -0.05) is 18.2 Å². The molecule has 3 rings (SSSR count). The van der Waals surface area contributed by atoms with Gasteiger partial charge in [-0.25, -0.2) is 0 Å². The quantitative estimate of drug-likeness (QED) is 0.774. The number of para-hydroxylation sites is 1. The summed E-state index contributed by atoms with van der Waals surface area (Å²) in [5, 5.41) is 5.97. The zero-order valence-electron chi connectivity index (χ0n) is 13.2. The number of carbonyl (C=O) groups is 2. The van der Waals surface area contributed by atoms with Crippen molar-refractivity contribution < 1.29 is 14.3 Å². The number of benzene rings is 1. The third-order valence-electron chi connectivity index (χ3n) is 4.27. The van der Waals surface area contributed by atoms with Crippen molar-refractivity contribution in [1.29, 1.82) is 0 Å². The maximum Gasteiger partial charge on any atom is 0.250 e. The molecule has 1 atom stereocenters. The van der Waals surface area contributed by atoms with E-state index in [2.05, 4.69) is 16.7 Å². The van der Waals surface area contributed by atoms with Gasteiger partial charge in [-0.15, -0.1) is 0 Å². The molecule has 0 saturated carbocycles. The predicted molar refractivity (Wildman–Crippen MR) is 87.4 cm³/mol. The number of amides is 2. The highest BCUT2D eigenvalue weighted by molar-refractivity contribution is 5.95. The molecule has 1 fully saturated rings. The second-order valence-electron chi connectivity index (χ2n) is 5.88. The van der Waals surface area contributed by atoms with Crippen LogP contribution in [0.3, 0.4) is 0 Å². The molecule has 6 nitrogen and oxygen atoms in total. The Labute approximate surface area is 136 Å². The smallest absolute Gasteiger partial charge is 0.250 e. The number of anilines is 1. The summed E-state index contributed by atoms with van der Waals surface area (Å²) >= 11 is 0. The molecule has 1 unspecified atom stereocenters. The predicted octanol–water partition coefficient (Wildman–Crippen LogP) is 0.460. The van der Waals surface area contributed by atoms with Crippen LogP contribution in [0.4, 0.5) is 5.69 Å². The van der Waals surface area contributed by atoms with E-state index in [1.54, 1.807) is 0 Å². The molecule has 1 saturated heterocycles. The van der Waals surface area contributed by atoms with Crippen molar-refractivity contribution in [1.82, 2.24) is 10.6 Å². The van der Waals surface area contributed by atoms with E-state index in [0.29, 0.717) is 32.5 Å². The first-order valence-corrected chi connectivity index (χ1v) is 8.24. The van der Waals surface area contributed by atoms with Gasteiger partial charge in [0.15, 0.2) is 0 Å². The van der Waals surface area contributed by atoms with Gasteiger partial charge in [0.2, 0.25) is 11.8 Å². The van der Waals surface area contributed by atoms with Crippen molar-refractivity contribution in [2.24, 2.45) is 0 Å². The fourth-order valence-corrected chi connectivity index (χ4v) is 3.03. The van der Waals surface area contributed by atoms with Crippen molar-refractivity contribution in [3.05, 3.63) is 29.8 Å². The molecule has 0 bridgehead atoms. The molecule has 2 amide bonds. The SMILES string of the molecule is O=C(NCCCC(=O)N1CCc2ccccc21)C1CNCCO1. The summed E-state index contributed by atoms with van der Waals surface area (Å²) in [6.07, 6.45) is 1.59. The van der Waals surface area contributed by atoms with E-state index in [1.807, 2.05) is 23.1 Å². The average molecular weight is 317 g/mol. The summed E-state index contributed by atoms with van der Waals surface area (Å²) in [6, 6.07) is 8.03. The van der Waals surface area contributed by atoms with Gasteiger partial charge in [-0.2, -0.15) is 0 Å². The van der Waals surface area contributed by atoms with Crippen LogP contribution in [0.15, 0.2) is 24.3 Å². The molecule has 0 radical (unpaired) electrons. The van der Waals surface area contributed by atoms with Crippen LogP contribution in [-0.2, 0) is 20.7 Å². The Morgan fingerprint density at radius 2 is 2.22 bits per heavy atom. The van der Waals surface area contributed by atoms with Crippen LogP contribution in [0, 0.1) is 0 Å². The van der Waals surface area contributed by atoms with Crippen molar-refractivity contribution in [3.63, 3.8) is 0 Å². The van der Waals surface area contributed by atoms with Gasteiger partial charge in [-0.05, 0) is 24.5 Å². The van der Waals surface area contributed by atoms with Gasteiger partial charge in [0.1, 0.15) is 6.10 Å². The monoisotopic (exact) mass is 317 g/mol. The highest BCUT2D eigenvalue weighted by atomic mass is 16.5. The fraction of sp³-hybridized carbons (Fsp3) is 0.529. The van der Waals surface area contributed by atoms with Crippen molar-refractivity contribution in [2.75, 3.05) is 37.7 Å². The van der Waals surface area contributed by atoms with E-state index < -0.39 is 6.10 Å². The molecule has 1 aromatic rings. The maximum atomic E-state index is 12.3. The van der Waals surface area contributed by atoms with Crippen LogP contribution in [0.5, 0.6) is 0 Å². The van der Waals surface area contributed by atoms with Crippen molar-refractivity contribution in [3.8, 4) is 0 Å². The van der Waals surface area contributed by atoms with Crippen LogP contribution in [0.25, 0.3) is 0 Å². The summed E-state index contributed by atoms with van der Waals surface area (Å²) < 4.78 is 5.39. The molecule has 23 heavy (non-hydrogen) atoms. The minimum atomic E-state index is -0.412. The molecule has 6 heteroatoms. The number of nitrogens with zero attached hydrogens (tertiary/aromatic N) is 1. The Balaban J connectivity index is 1.39. The number of rotatable bonds is 5. The second kappa shape index (κ2) is 7.57. The molecular weight excluding hydrogens is 294 g/mol. The molecular formula is C17H23N3O3. The van der Waals surface area contributed by atoms with E-state index in [0.717, 1.165) is 25.2 Å². The van der Waals surface area contributed by atoms with Crippen LogP contribution in [0.1, 0.15) is 18.4 Å². The third-order valence-corrected chi connectivity index (χ3v) is 4.27. The molecule has 124 valence electrons. The molecule has 0 aliphatic carbocycles. The minimum Gasteiger partial charge on any atom is -0.366 e. The van der Waals surface area contributed by atoms with Crippen molar-refractivity contribution >= 4 is 17.5 Å². The number of ether oxygens (including phenoxy) is 1. The number of hydrogen-bond acceptors (Lipinski definition) is 4. The molecule has 1 aromatic carbocycles. The van der Waals surface area contributed by atoms with Gasteiger partial charge in [0.05, 0.1) is 6.61 Å². The Morgan fingerprint density at radius 1 is 1.35 bits per heavy atom. The molecule has 2 N–H and O–H groups in total. The topological polar surface area (TPSA) is 70.7 Å². The number of carbonyl (C=O) groups excluding carboxylic acids is 2. The van der Waals surface area contributed by atoms with Gasteiger partial charge in [0.25, 0.3) is 0 Å². The van der Waals surface area contributed by atoms with Crippen molar-refractivity contribution in [2.45, 2.75) is 25.4 Å². The average Bonchev–Trinajstić information content (AvgIpc) is 3.03. The van der Waals surface area contributed by atoms with Crippen LogP contribution in [0.2, 0.25) is 0 Å². The van der Waals surface area contributed by atoms with Gasteiger partial charge < -0.3 is 20.3 Å². The molecule has 0 aromatic heterocycles. The largest absolute Gasteiger partial charge is 0.366 e. The summed E-state index contributed by atoms with van der Waals surface area (Å²) in [7, 11) is 0. The lowest BCUT2D eigenvalue weighted by Crippen LogP contribution is -2.48. The van der Waals surface area contributed by atoms with Crippen LogP contribution >= 0.6 is 0 Å². The fourth-order valence-electron chi connectivity index (χ4n) is 3.03. The first-order chi connectivity index (χ1) is 11.3. The highest BCUT2D eigenvalue weighted by Gasteiger charge is 2.24. The van der Waals surface area contributed by atoms with E-state index in [4.69, 9.17) is 4.74 Å². The van der Waals surface area contributed by atoms with E-state index in [-0.39, 0.29) is 11.8 Å². The Bertz CT molecular complexity index is 570. The van der Waals surface area contributed by atoms with Gasteiger partial charge in [0, 0.05) is 38.3 Å². The van der Waals surface area contributed by atoms with Gasteiger partial charge >= 0.3 is 0 Å². The third kappa shape index (κ3) is 3.89. The Kier molecular flexibility index (Phi) is 5.25. The number of morpholine rings is 1. The van der Waals surface area contributed by atoms with E-state index >= 15 is 0 Å². The molecule has 0 spiro atoms. The minimum absolute atomic E-state index is 0.101. The zero-order chi connectivity index (χ0) is 16.1. The first kappa shape index (κ1) is 16.0. The van der Waals surface area contributed by atoms with Crippen LogP contribution in [-0.4, -0.2) is 50.7 Å². The van der Waals surface area contributed by atoms with E-state index in [1.165, 1.54) is 5.56 Å². The lowest BCUT2D eigenvalue weighted by atomic mass is 10.2. The summed E-state index contributed by atoms with van der Waals surface area (Å²) in [5.41, 5.74) is 2.26. The van der Waals surface area contributed by atoms with E-state index in [9.17, 15) is 9.59 Å². The number of fused-ring (bicyclic) bond motifs is 1. The Morgan fingerprint density at radius 3 is 3.04 bits per heavy atom. The number of nitrogens with one attached hydrogen (secondary N) is 2. The summed E-state index contributed by atoms with van der Waals surface area (Å²) in [6.45, 7) is 3.15. The first-order valence-electron chi connectivity index (χ1n) is 8.24. The lowest BCUT2D eigenvalue weighted by molar-refractivity contribution is -0.134. The second-order valence-corrected chi connectivity index (χ2v) is 5.88. The molecule has 2 aliphatic rings. The van der Waals surface area contributed by atoms with Gasteiger partial charge in [-0.3, -0.25) is 9.59 Å². The summed E-state index contributed by atoms with van der Waals surface area (Å²) in [4.78, 5) is 26.1. The van der Waals surface area contributed by atoms with Crippen LogP contribution < -0.4 is 15.5 Å². The lowest BCUT2D eigenvalue weighted by Gasteiger charge is -2.22. The zero-order valence-corrected chi connectivity index (χ0v) is 13.2. The maximum absolute atomic E-state index is 12.3. The number of hydrogen-bond donors (Lipinski definition) is 2. The Hall–Kier alpha value is -1.92. The highest BCUT2D eigenvalue weighted by Crippen LogP contribution is 2.27. The standard InChI is InChI=1S/C17H23N3O3/c21-16(20-10-7-13-4-1-2-5-14(13)20)6-3-8-19-17(22)15-12-18-9-11-23-15/h1-2,4-5,15,18H,3,6-12H2,(H,19,22). The molecule has 2 heterocycles. The normalized spacial score (nSPS) is 20.2. The molecule has 2 aliphatic heterocycles.